The Morgan fingerprint density at radius 3 is 2.64 bits per heavy atom. The van der Waals surface area contributed by atoms with Crippen molar-refractivity contribution in [3.63, 3.8) is 0 Å². The van der Waals surface area contributed by atoms with Crippen molar-refractivity contribution < 1.29 is 14.3 Å². The van der Waals surface area contributed by atoms with Gasteiger partial charge in [0.1, 0.15) is 11.5 Å². The van der Waals surface area contributed by atoms with E-state index in [1.807, 2.05) is 6.07 Å². The topological polar surface area (TPSA) is 47.6 Å². The summed E-state index contributed by atoms with van der Waals surface area (Å²) in [5.74, 6) is 2.23. The van der Waals surface area contributed by atoms with Gasteiger partial charge in [-0.05, 0) is 30.9 Å². The number of hydrogen-bond acceptors (Lipinski definition) is 3. The average molecular weight is 305 g/mol. The zero-order valence-corrected chi connectivity index (χ0v) is 13.7. The number of ether oxygens (including phenoxy) is 2. The summed E-state index contributed by atoms with van der Waals surface area (Å²) in [5, 5.41) is 2.93. The highest BCUT2D eigenvalue weighted by Crippen LogP contribution is 2.30. The van der Waals surface area contributed by atoms with E-state index in [0.717, 1.165) is 12.3 Å². The van der Waals surface area contributed by atoms with E-state index in [0.29, 0.717) is 23.6 Å². The highest BCUT2D eigenvalue weighted by molar-refractivity contribution is 5.92. The van der Waals surface area contributed by atoms with Crippen molar-refractivity contribution in [2.24, 2.45) is 5.92 Å². The Labute approximate surface area is 133 Å². The molecule has 1 aliphatic carbocycles. The van der Waals surface area contributed by atoms with E-state index in [9.17, 15) is 4.79 Å². The van der Waals surface area contributed by atoms with Crippen LogP contribution in [-0.4, -0.2) is 20.1 Å². The predicted molar refractivity (Wildman–Crippen MR) is 88.6 cm³/mol. The quantitative estimate of drug-likeness (QED) is 0.812. The number of carbonyl (C=O) groups excluding carboxylic acids is 1. The van der Waals surface area contributed by atoms with Crippen LogP contribution in [0.2, 0.25) is 0 Å². The van der Waals surface area contributed by atoms with Crippen LogP contribution in [0.15, 0.2) is 18.2 Å². The van der Waals surface area contributed by atoms with Gasteiger partial charge in [-0.15, -0.1) is 0 Å². The highest BCUT2D eigenvalue weighted by Gasteiger charge is 2.14. The van der Waals surface area contributed by atoms with Crippen molar-refractivity contribution in [3.8, 4) is 11.5 Å². The van der Waals surface area contributed by atoms with Crippen LogP contribution in [0.1, 0.15) is 51.4 Å². The van der Waals surface area contributed by atoms with E-state index in [1.165, 1.54) is 38.5 Å². The molecule has 0 spiro atoms. The molecule has 4 nitrogen and oxygen atoms in total. The molecular formula is C18H27NO3. The number of benzene rings is 1. The molecule has 122 valence electrons. The molecule has 0 heterocycles. The molecule has 0 aliphatic heterocycles. The third-order valence-electron chi connectivity index (χ3n) is 4.42. The molecule has 0 aromatic heterocycles. The van der Waals surface area contributed by atoms with Crippen molar-refractivity contribution in [3.05, 3.63) is 18.2 Å². The van der Waals surface area contributed by atoms with Crippen molar-refractivity contribution >= 4 is 11.6 Å². The molecule has 1 fully saturated rings. The molecule has 0 atom stereocenters. The molecule has 22 heavy (non-hydrogen) atoms. The van der Waals surface area contributed by atoms with Gasteiger partial charge in [0.2, 0.25) is 5.91 Å². The predicted octanol–water partition coefficient (Wildman–Crippen LogP) is 4.39. The van der Waals surface area contributed by atoms with Crippen LogP contribution in [-0.2, 0) is 4.79 Å². The van der Waals surface area contributed by atoms with Crippen LogP contribution in [0.4, 0.5) is 5.69 Å². The van der Waals surface area contributed by atoms with Gasteiger partial charge < -0.3 is 14.8 Å². The lowest BCUT2D eigenvalue weighted by Crippen LogP contribution is -2.13. The molecule has 1 aliphatic rings. The van der Waals surface area contributed by atoms with E-state index in [1.54, 1.807) is 26.4 Å². The van der Waals surface area contributed by atoms with E-state index in [-0.39, 0.29) is 5.91 Å². The van der Waals surface area contributed by atoms with Crippen LogP contribution in [0.25, 0.3) is 0 Å². The van der Waals surface area contributed by atoms with Gasteiger partial charge >= 0.3 is 0 Å². The van der Waals surface area contributed by atoms with Crippen LogP contribution < -0.4 is 14.8 Å². The Hall–Kier alpha value is -1.71. The molecule has 0 bridgehead atoms. The molecular weight excluding hydrogens is 278 g/mol. The maximum atomic E-state index is 12.1. The lowest BCUT2D eigenvalue weighted by atomic mass is 9.86. The fourth-order valence-corrected chi connectivity index (χ4v) is 3.15. The smallest absolute Gasteiger partial charge is 0.224 e. The van der Waals surface area contributed by atoms with Gasteiger partial charge in [-0.25, -0.2) is 0 Å². The highest BCUT2D eigenvalue weighted by atomic mass is 16.5. The van der Waals surface area contributed by atoms with Gasteiger partial charge in [0.25, 0.3) is 0 Å². The monoisotopic (exact) mass is 305 g/mol. The molecule has 2 rings (SSSR count). The maximum absolute atomic E-state index is 12.1. The first-order valence-corrected chi connectivity index (χ1v) is 8.25. The van der Waals surface area contributed by atoms with Crippen LogP contribution in [0.3, 0.4) is 0 Å². The zero-order chi connectivity index (χ0) is 15.8. The summed E-state index contributed by atoms with van der Waals surface area (Å²) >= 11 is 0. The number of carbonyl (C=O) groups is 1. The third-order valence-corrected chi connectivity index (χ3v) is 4.42. The molecule has 0 saturated heterocycles. The van der Waals surface area contributed by atoms with Crippen LogP contribution >= 0.6 is 0 Å². The second-order valence-corrected chi connectivity index (χ2v) is 6.01. The number of methoxy groups -OCH3 is 2. The normalized spacial score (nSPS) is 15.4. The summed E-state index contributed by atoms with van der Waals surface area (Å²) in [5.41, 5.74) is 0.671. The number of nitrogens with one attached hydrogen (secondary N) is 1. The van der Waals surface area contributed by atoms with Gasteiger partial charge in [0, 0.05) is 12.5 Å². The second-order valence-electron chi connectivity index (χ2n) is 6.01. The summed E-state index contributed by atoms with van der Waals surface area (Å²) in [6.07, 6.45) is 9.47. The maximum Gasteiger partial charge on any atom is 0.224 e. The lowest BCUT2D eigenvalue weighted by molar-refractivity contribution is -0.116. The third kappa shape index (κ3) is 4.93. The first-order chi connectivity index (χ1) is 10.7. The molecule has 1 saturated carbocycles. The first kappa shape index (κ1) is 16.7. The van der Waals surface area contributed by atoms with Crippen LogP contribution in [0, 0.1) is 5.92 Å². The SMILES string of the molecule is COc1ccc(OC)c(NC(=O)CCCC2CCCCC2)c1. The Kier molecular flexibility index (Phi) is 6.56. The minimum atomic E-state index is 0.0439. The summed E-state index contributed by atoms with van der Waals surface area (Å²) in [6, 6.07) is 5.41. The Bertz CT molecular complexity index is 481. The fraction of sp³-hybridized carbons (Fsp3) is 0.611. The van der Waals surface area contributed by atoms with Crippen molar-refractivity contribution in [2.75, 3.05) is 19.5 Å². The number of hydrogen-bond donors (Lipinski definition) is 1. The van der Waals surface area contributed by atoms with Gasteiger partial charge in [-0.1, -0.05) is 32.1 Å². The first-order valence-electron chi connectivity index (χ1n) is 8.25. The van der Waals surface area contributed by atoms with Crippen molar-refractivity contribution in [1.29, 1.82) is 0 Å². The van der Waals surface area contributed by atoms with Crippen molar-refractivity contribution in [2.45, 2.75) is 51.4 Å². The lowest BCUT2D eigenvalue weighted by Gasteiger charge is -2.21. The zero-order valence-electron chi connectivity index (χ0n) is 13.7. The molecule has 1 aromatic rings. The Balaban J connectivity index is 1.80. The van der Waals surface area contributed by atoms with Crippen molar-refractivity contribution in [1.82, 2.24) is 0 Å². The summed E-state index contributed by atoms with van der Waals surface area (Å²) in [4.78, 5) is 12.1. The van der Waals surface area contributed by atoms with Gasteiger partial charge in [0.05, 0.1) is 19.9 Å². The average Bonchev–Trinajstić information content (AvgIpc) is 2.55. The molecule has 4 heteroatoms. The number of amides is 1. The number of rotatable bonds is 7. The van der Waals surface area contributed by atoms with E-state index < -0.39 is 0 Å². The van der Waals surface area contributed by atoms with E-state index >= 15 is 0 Å². The summed E-state index contributed by atoms with van der Waals surface area (Å²) < 4.78 is 10.5. The molecule has 1 N–H and O–H groups in total. The summed E-state index contributed by atoms with van der Waals surface area (Å²) in [6.45, 7) is 0. The van der Waals surface area contributed by atoms with E-state index in [4.69, 9.17) is 9.47 Å². The second kappa shape index (κ2) is 8.66. The summed E-state index contributed by atoms with van der Waals surface area (Å²) in [7, 11) is 3.21. The number of anilines is 1. The standard InChI is InChI=1S/C18H27NO3/c1-21-15-11-12-17(22-2)16(13-15)19-18(20)10-6-9-14-7-4-3-5-8-14/h11-14H,3-10H2,1-2H3,(H,19,20). The minimum Gasteiger partial charge on any atom is -0.497 e. The van der Waals surface area contributed by atoms with Crippen LogP contribution in [0.5, 0.6) is 11.5 Å². The van der Waals surface area contributed by atoms with Gasteiger partial charge in [-0.3, -0.25) is 4.79 Å². The molecule has 1 aromatic carbocycles. The van der Waals surface area contributed by atoms with E-state index in [2.05, 4.69) is 5.32 Å². The minimum absolute atomic E-state index is 0.0439. The Morgan fingerprint density at radius 1 is 1.18 bits per heavy atom. The molecule has 0 unspecified atom stereocenters. The fourth-order valence-electron chi connectivity index (χ4n) is 3.15. The molecule has 0 radical (unpaired) electrons. The van der Waals surface area contributed by atoms with Gasteiger partial charge in [0.15, 0.2) is 0 Å². The largest absolute Gasteiger partial charge is 0.497 e. The van der Waals surface area contributed by atoms with Gasteiger partial charge in [-0.2, -0.15) is 0 Å². The Morgan fingerprint density at radius 2 is 1.95 bits per heavy atom. The molecule has 1 amide bonds.